The molecule has 0 unspecified atom stereocenters. The summed E-state index contributed by atoms with van der Waals surface area (Å²) < 4.78 is 3.43. The lowest BCUT2D eigenvalue weighted by molar-refractivity contribution is 0.0995. The largest absolute Gasteiger partial charge is 0.289 e. The molecule has 3 aromatic rings. The Labute approximate surface area is 168 Å². The normalized spacial score (nSPS) is 16.5. The first-order chi connectivity index (χ1) is 12.9. The van der Waals surface area contributed by atoms with E-state index in [4.69, 9.17) is 0 Å². The first-order valence-electron chi connectivity index (χ1n) is 8.97. The van der Waals surface area contributed by atoms with Crippen LogP contribution in [0.4, 0.5) is 0 Å². The van der Waals surface area contributed by atoms with Gasteiger partial charge in [0.05, 0.1) is 16.1 Å². The van der Waals surface area contributed by atoms with E-state index in [2.05, 4.69) is 38.4 Å². The number of hydrogen-bond donors (Lipinski definition) is 1. The third-order valence-electron chi connectivity index (χ3n) is 5.02. The predicted molar refractivity (Wildman–Crippen MR) is 109 cm³/mol. The summed E-state index contributed by atoms with van der Waals surface area (Å²) in [5, 5.41) is 4.80. The van der Waals surface area contributed by atoms with Gasteiger partial charge >= 0.3 is 0 Å². The zero-order valence-electron chi connectivity index (χ0n) is 15.4. The van der Waals surface area contributed by atoms with Crippen LogP contribution in [0.2, 0.25) is 0 Å². The quantitative estimate of drug-likeness (QED) is 0.664. The number of rotatable bonds is 3. The summed E-state index contributed by atoms with van der Waals surface area (Å²) in [4.78, 5) is 32.6. The molecule has 1 atom stereocenters. The van der Waals surface area contributed by atoms with E-state index in [1.807, 2.05) is 6.92 Å². The Balaban J connectivity index is 1.79. The molecule has 3 heterocycles. The topological polar surface area (TPSA) is 81.8 Å². The predicted octanol–water partition coefficient (Wildman–Crippen LogP) is 3.25. The number of nitrogens with zero attached hydrogens (tertiary/aromatic N) is 4. The number of carbonyl (C=O) groups excluding carboxylic acids is 1. The summed E-state index contributed by atoms with van der Waals surface area (Å²) in [6.07, 6.45) is 4.52. The van der Waals surface area contributed by atoms with Crippen LogP contribution < -0.4 is 11.0 Å². The molecule has 0 saturated heterocycles. The number of hydrogen-bond acceptors (Lipinski definition) is 5. The Bertz CT molecular complexity index is 1110. The Morgan fingerprint density at radius 2 is 2.26 bits per heavy atom. The molecule has 9 heteroatoms. The van der Waals surface area contributed by atoms with Crippen molar-refractivity contribution in [3.63, 3.8) is 0 Å². The number of aromatic nitrogens is 4. The fourth-order valence-corrected chi connectivity index (χ4v) is 5.50. The second-order valence-electron chi connectivity index (χ2n) is 6.93. The van der Waals surface area contributed by atoms with Crippen molar-refractivity contribution >= 4 is 43.4 Å². The Kier molecular flexibility index (Phi) is 4.67. The van der Waals surface area contributed by atoms with E-state index in [1.54, 1.807) is 29.1 Å². The summed E-state index contributed by atoms with van der Waals surface area (Å²) in [6, 6.07) is 0. The van der Waals surface area contributed by atoms with E-state index >= 15 is 0 Å². The maximum Gasteiger partial charge on any atom is 0.289 e. The summed E-state index contributed by atoms with van der Waals surface area (Å²) in [5.74, 6) is 0.691. The van der Waals surface area contributed by atoms with Crippen molar-refractivity contribution in [1.29, 1.82) is 0 Å². The van der Waals surface area contributed by atoms with E-state index in [1.165, 1.54) is 9.55 Å². The number of fused-ring (bicyclic) bond motifs is 3. The van der Waals surface area contributed by atoms with Crippen molar-refractivity contribution in [3.05, 3.63) is 43.0 Å². The third-order valence-corrected chi connectivity index (χ3v) is 6.75. The van der Waals surface area contributed by atoms with Crippen molar-refractivity contribution in [2.45, 2.75) is 46.6 Å². The second kappa shape index (κ2) is 6.87. The standard InChI is InChI=1S/C18H20BrN5O2S/c1-4-23-15(12(19)8-20-23)16(25)22-24-10(3)21-17-14(18(24)26)11-6-5-9(2)7-13(11)27-17/h8-9H,4-7H2,1-3H3,(H,22,25)/t9-/m1/s1. The summed E-state index contributed by atoms with van der Waals surface area (Å²) in [5.41, 5.74) is 3.98. The fraction of sp³-hybridized carbons (Fsp3) is 0.444. The van der Waals surface area contributed by atoms with E-state index < -0.39 is 5.91 Å². The Morgan fingerprint density at radius 1 is 1.48 bits per heavy atom. The molecular weight excluding hydrogens is 430 g/mol. The number of thiophene rings is 1. The van der Waals surface area contributed by atoms with Gasteiger partial charge in [-0.05, 0) is 60.5 Å². The van der Waals surface area contributed by atoms with Gasteiger partial charge in [-0.25, -0.2) is 9.66 Å². The SMILES string of the molecule is CCn1ncc(Br)c1C(=O)Nn1c(C)nc2sc3c(c2c1=O)CC[C@@H](C)C3. The average Bonchev–Trinajstić information content (AvgIpc) is 3.17. The lowest BCUT2D eigenvalue weighted by atomic mass is 9.89. The van der Waals surface area contributed by atoms with Crippen LogP contribution >= 0.6 is 27.3 Å². The van der Waals surface area contributed by atoms with Crippen molar-refractivity contribution in [3.8, 4) is 0 Å². The van der Waals surface area contributed by atoms with Crippen LogP contribution in [-0.2, 0) is 19.4 Å². The summed E-state index contributed by atoms with van der Waals surface area (Å²) in [7, 11) is 0. The molecule has 0 spiro atoms. The van der Waals surface area contributed by atoms with Crippen LogP contribution in [0.25, 0.3) is 10.2 Å². The highest BCUT2D eigenvalue weighted by Crippen LogP contribution is 2.35. The summed E-state index contributed by atoms with van der Waals surface area (Å²) >= 11 is 4.96. The molecule has 3 aromatic heterocycles. The van der Waals surface area contributed by atoms with Crippen LogP contribution in [0.3, 0.4) is 0 Å². The monoisotopic (exact) mass is 449 g/mol. The van der Waals surface area contributed by atoms with E-state index in [0.717, 1.165) is 29.7 Å². The van der Waals surface area contributed by atoms with Gasteiger partial charge in [0.15, 0.2) is 0 Å². The molecule has 1 aliphatic carbocycles. The molecule has 0 aromatic carbocycles. The van der Waals surface area contributed by atoms with Crippen LogP contribution in [0, 0.1) is 12.8 Å². The van der Waals surface area contributed by atoms with Crippen LogP contribution in [0.1, 0.15) is 47.0 Å². The van der Waals surface area contributed by atoms with Gasteiger partial charge in [-0.3, -0.25) is 19.7 Å². The number of amides is 1. The minimum atomic E-state index is -0.398. The molecule has 0 radical (unpaired) electrons. The number of nitrogens with one attached hydrogen (secondary N) is 1. The first-order valence-corrected chi connectivity index (χ1v) is 10.6. The van der Waals surface area contributed by atoms with Gasteiger partial charge in [-0.1, -0.05) is 6.92 Å². The zero-order chi connectivity index (χ0) is 19.3. The Morgan fingerprint density at radius 3 is 3.00 bits per heavy atom. The lowest BCUT2D eigenvalue weighted by Gasteiger charge is -2.17. The Hall–Kier alpha value is -2.00. The van der Waals surface area contributed by atoms with Crippen LogP contribution in [0.5, 0.6) is 0 Å². The highest BCUT2D eigenvalue weighted by atomic mass is 79.9. The van der Waals surface area contributed by atoms with E-state index in [-0.39, 0.29) is 5.56 Å². The van der Waals surface area contributed by atoms with Gasteiger partial charge in [0.1, 0.15) is 16.3 Å². The molecule has 7 nitrogen and oxygen atoms in total. The minimum Gasteiger partial charge on any atom is -0.267 e. The van der Waals surface area contributed by atoms with Gasteiger partial charge in [-0.2, -0.15) is 5.10 Å². The van der Waals surface area contributed by atoms with E-state index in [0.29, 0.717) is 33.8 Å². The molecule has 0 saturated carbocycles. The van der Waals surface area contributed by atoms with Crippen molar-refractivity contribution in [1.82, 2.24) is 19.4 Å². The smallest absolute Gasteiger partial charge is 0.267 e. The van der Waals surface area contributed by atoms with Gasteiger partial charge in [0.2, 0.25) is 0 Å². The lowest BCUT2D eigenvalue weighted by Crippen LogP contribution is -2.36. The van der Waals surface area contributed by atoms with Crippen LogP contribution in [-0.4, -0.2) is 25.3 Å². The van der Waals surface area contributed by atoms with Gasteiger partial charge in [-0.15, -0.1) is 11.3 Å². The van der Waals surface area contributed by atoms with Crippen molar-refractivity contribution in [2.24, 2.45) is 5.92 Å². The third kappa shape index (κ3) is 3.02. The molecule has 1 N–H and O–H groups in total. The molecule has 0 aliphatic heterocycles. The molecule has 1 amide bonds. The number of carbonyl (C=O) groups is 1. The second-order valence-corrected chi connectivity index (χ2v) is 8.87. The number of aryl methyl sites for hydroxylation is 3. The minimum absolute atomic E-state index is 0.211. The summed E-state index contributed by atoms with van der Waals surface area (Å²) in [6.45, 7) is 6.42. The molecule has 27 heavy (non-hydrogen) atoms. The number of halogens is 1. The molecule has 1 aliphatic rings. The van der Waals surface area contributed by atoms with E-state index in [9.17, 15) is 9.59 Å². The van der Waals surface area contributed by atoms with Gasteiger partial charge in [0, 0.05) is 11.4 Å². The van der Waals surface area contributed by atoms with Crippen molar-refractivity contribution in [2.75, 3.05) is 5.43 Å². The molecule has 4 rings (SSSR count). The first kappa shape index (κ1) is 18.4. The molecule has 0 bridgehead atoms. The maximum absolute atomic E-state index is 13.2. The average molecular weight is 450 g/mol. The van der Waals surface area contributed by atoms with Gasteiger partial charge in [0.25, 0.3) is 11.5 Å². The van der Waals surface area contributed by atoms with Gasteiger partial charge < -0.3 is 0 Å². The zero-order valence-corrected chi connectivity index (χ0v) is 17.8. The highest BCUT2D eigenvalue weighted by molar-refractivity contribution is 9.10. The molecule has 142 valence electrons. The highest BCUT2D eigenvalue weighted by Gasteiger charge is 2.25. The molecule has 0 fully saturated rings. The van der Waals surface area contributed by atoms with Crippen LogP contribution in [0.15, 0.2) is 15.5 Å². The maximum atomic E-state index is 13.2. The fourth-order valence-electron chi connectivity index (χ4n) is 3.61. The van der Waals surface area contributed by atoms with Crippen molar-refractivity contribution < 1.29 is 4.79 Å². The molecular formula is C18H20BrN5O2S.